The van der Waals surface area contributed by atoms with Crippen molar-refractivity contribution in [1.82, 2.24) is 29.9 Å². The molecule has 0 spiro atoms. The molecule has 0 atom stereocenters. The van der Waals surface area contributed by atoms with Crippen molar-refractivity contribution in [3.63, 3.8) is 0 Å². The van der Waals surface area contributed by atoms with Gasteiger partial charge in [-0.2, -0.15) is 0 Å². The minimum atomic E-state index is -1.31. The van der Waals surface area contributed by atoms with Gasteiger partial charge in [0, 0.05) is 74.8 Å². The van der Waals surface area contributed by atoms with E-state index in [1.54, 1.807) is 118 Å². The average molecular weight is 1500 g/mol. The van der Waals surface area contributed by atoms with Gasteiger partial charge in [-0.25, -0.2) is 34.7 Å². The summed E-state index contributed by atoms with van der Waals surface area (Å²) >= 11 is 0. The van der Waals surface area contributed by atoms with Gasteiger partial charge in [-0.15, -0.1) is 0 Å². The van der Waals surface area contributed by atoms with Crippen LogP contribution in [0, 0.1) is 10.1 Å². The molecule has 0 bridgehead atoms. The molecule has 0 saturated heterocycles. The van der Waals surface area contributed by atoms with Gasteiger partial charge in [0.2, 0.25) is 0 Å². The van der Waals surface area contributed by atoms with E-state index >= 15 is 14.4 Å². The summed E-state index contributed by atoms with van der Waals surface area (Å²) in [6.45, 7) is 32.9. The lowest BCUT2D eigenvalue weighted by Gasteiger charge is -2.24. The maximum absolute atomic E-state index is 15.1. The number of para-hydroxylation sites is 6. The molecule has 6 aromatic heterocycles. The molecule has 27 heteroatoms. The number of non-ortho nitro benzene ring substituents is 1. The van der Waals surface area contributed by atoms with E-state index in [-0.39, 0.29) is 136 Å². The third-order valence-electron chi connectivity index (χ3n) is 16.1. The van der Waals surface area contributed by atoms with Crippen LogP contribution in [0.25, 0.3) is 65.4 Å². The van der Waals surface area contributed by atoms with Gasteiger partial charge in [-0.05, 0) is 191 Å². The molecule has 0 saturated carbocycles. The van der Waals surface area contributed by atoms with Crippen molar-refractivity contribution in [1.29, 1.82) is 0 Å². The molecule has 0 fully saturated rings. The number of aromatic carboxylic acids is 1. The summed E-state index contributed by atoms with van der Waals surface area (Å²) < 4.78 is 38.5. The highest BCUT2D eigenvalue weighted by atomic mass is 16.6. The van der Waals surface area contributed by atoms with E-state index < -0.39 is 74.0 Å². The lowest BCUT2D eigenvalue weighted by Crippen LogP contribution is -2.24. The molecule has 12 aromatic rings. The van der Waals surface area contributed by atoms with Crippen LogP contribution in [0.3, 0.4) is 0 Å². The predicted octanol–water partition coefficient (Wildman–Crippen LogP) is 17.9. The van der Waals surface area contributed by atoms with Crippen molar-refractivity contribution in [3.05, 3.63) is 190 Å². The minimum Gasteiger partial charge on any atom is -0.487 e. The number of hydrogen-bond donors (Lipinski definition) is 6. The lowest BCUT2D eigenvalue weighted by atomic mass is 10.1. The highest BCUT2D eigenvalue weighted by Crippen LogP contribution is 2.42. The SMILES string of the molecule is CC(C)(C)Oc1cc(C(=O)O)nc2c(NC(=O)c3cc(OC(C)(C)C)c4cccc(NC(=O)c5cc(OC(C)(C)C)c6cccc(NC(=O)c7cc(OC(C)(C)C)c8cccc(NC(=O)c9cc(OC(C)(C)C)c%10cccc(NC(=O)c%11cc(OC(C)(C)C)c%12cccc([N+](=O)[O-])c%12n%11)c%10n9)c8n7)c6n5)c4n3)cccc12. The zero-order valence-electron chi connectivity index (χ0n) is 64.6. The summed E-state index contributed by atoms with van der Waals surface area (Å²) in [5.41, 5.74) is -4.84. The maximum Gasteiger partial charge on any atom is 0.354 e. The first kappa shape index (κ1) is 77.4. The molecule has 570 valence electrons. The Morgan fingerprint density at radius 1 is 0.297 bits per heavy atom. The lowest BCUT2D eigenvalue weighted by molar-refractivity contribution is -0.383. The molecule has 6 aromatic carbocycles. The number of aromatic nitrogens is 6. The van der Waals surface area contributed by atoms with E-state index in [1.165, 1.54) is 48.5 Å². The molecule has 0 radical (unpaired) electrons. The molecule has 111 heavy (non-hydrogen) atoms. The number of nitrogens with zero attached hydrogens (tertiary/aromatic N) is 7. The second-order valence-corrected chi connectivity index (χ2v) is 32.3. The van der Waals surface area contributed by atoms with Crippen LogP contribution in [-0.2, 0) is 0 Å². The van der Waals surface area contributed by atoms with Crippen LogP contribution in [0.4, 0.5) is 34.1 Å². The molecule has 27 nitrogen and oxygen atoms in total. The predicted molar refractivity (Wildman–Crippen MR) is 426 cm³/mol. The first-order chi connectivity index (χ1) is 51.9. The highest BCUT2D eigenvalue weighted by Gasteiger charge is 2.30. The smallest absolute Gasteiger partial charge is 0.354 e. The Kier molecular flexibility index (Phi) is 20.3. The van der Waals surface area contributed by atoms with E-state index in [1.807, 2.05) is 104 Å². The van der Waals surface area contributed by atoms with Gasteiger partial charge in [-0.3, -0.25) is 34.1 Å². The summed E-state index contributed by atoms with van der Waals surface area (Å²) in [5.74, 6) is -3.64. The standard InChI is InChI=1S/C84H84N12O15/c1-79(2,3)106-61-37-54(85-68-44(61)26-20-32-50(68)92-75(99)56-39-63(108-81(7,8)9)46-28-22-34-52(70(46)87-56)94-77(101)58-41-65(110-83(13,14)15)48-30-24-36-60(96(104)105)72(48)89-58)73(97)91-49-31-19-25-43-62(107-80(4,5)6)38-55(86-67(43)49)74(98)93-51-33-21-27-45-64(109-82(10,11)12)40-57(88-69(45)51)76(100)95-53-35-23-29-47-66(111-84(16,17)18)42-59(78(102)103)90-71(47)53/h19-42H,1-18H3,(H,91,97)(H,92,99)(H,93,98)(H,94,101)(H,95,100)(H,102,103). The molecule has 0 aliphatic rings. The van der Waals surface area contributed by atoms with Crippen molar-refractivity contribution in [2.75, 3.05) is 26.6 Å². The fourth-order valence-corrected chi connectivity index (χ4v) is 12.0. The Balaban J connectivity index is 0.884. The number of ether oxygens (including phenoxy) is 6. The molecular weight excluding hydrogens is 1420 g/mol. The largest absolute Gasteiger partial charge is 0.487 e. The highest BCUT2D eigenvalue weighted by molar-refractivity contribution is 6.17. The fraction of sp³-hybridized carbons (Fsp3) is 0.286. The van der Waals surface area contributed by atoms with E-state index in [9.17, 15) is 29.6 Å². The van der Waals surface area contributed by atoms with Crippen LogP contribution in [-0.4, -0.2) is 109 Å². The number of rotatable bonds is 18. The van der Waals surface area contributed by atoms with Crippen LogP contribution in [0.1, 0.15) is 188 Å². The Labute approximate surface area is 638 Å². The van der Waals surface area contributed by atoms with Crippen molar-refractivity contribution < 1.29 is 67.2 Å². The molecule has 5 amide bonds. The maximum atomic E-state index is 15.1. The van der Waals surface area contributed by atoms with Crippen LogP contribution in [0.5, 0.6) is 34.5 Å². The van der Waals surface area contributed by atoms with Crippen LogP contribution < -0.4 is 55.0 Å². The number of anilines is 5. The summed E-state index contributed by atoms with van der Waals surface area (Å²) in [4.78, 5) is 127. The molecule has 6 N–H and O–H groups in total. The average Bonchev–Trinajstić information content (AvgIpc) is 0.775. The number of nitro benzene ring substituents is 1. The number of carbonyl (C=O) groups excluding carboxylic acids is 5. The van der Waals surface area contributed by atoms with Gasteiger partial charge >= 0.3 is 5.97 Å². The second-order valence-electron chi connectivity index (χ2n) is 32.3. The van der Waals surface area contributed by atoms with E-state index in [0.717, 1.165) is 0 Å². The number of carboxylic acids is 1. The van der Waals surface area contributed by atoms with Crippen molar-refractivity contribution >= 4 is 135 Å². The van der Waals surface area contributed by atoms with Gasteiger partial charge < -0.3 is 60.1 Å². The number of benzene rings is 6. The zero-order chi connectivity index (χ0) is 80.4. The Hall–Kier alpha value is -13.2. The van der Waals surface area contributed by atoms with Crippen molar-refractivity contribution in [3.8, 4) is 34.5 Å². The molecule has 0 aliphatic heterocycles. The van der Waals surface area contributed by atoms with E-state index in [4.69, 9.17) is 48.4 Å². The third kappa shape index (κ3) is 17.8. The minimum absolute atomic E-state index is 0.0645. The Morgan fingerprint density at radius 2 is 0.477 bits per heavy atom. The number of nitrogens with one attached hydrogen (secondary N) is 5. The van der Waals surface area contributed by atoms with Gasteiger partial charge in [0.1, 0.15) is 96.6 Å². The van der Waals surface area contributed by atoms with Gasteiger partial charge in [0.05, 0.1) is 60.9 Å². The molecule has 0 aliphatic carbocycles. The Morgan fingerprint density at radius 3 is 0.676 bits per heavy atom. The van der Waals surface area contributed by atoms with E-state index in [0.29, 0.717) is 32.3 Å². The number of amides is 5. The number of pyridine rings is 6. The topological polar surface area (TPSA) is 359 Å². The normalized spacial score (nSPS) is 12.2. The monoisotopic (exact) mass is 1500 g/mol. The third-order valence-corrected chi connectivity index (χ3v) is 16.1. The first-order valence-corrected chi connectivity index (χ1v) is 35.6. The van der Waals surface area contributed by atoms with Crippen molar-refractivity contribution in [2.24, 2.45) is 0 Å². The number of carboxylic acid groups (broad SMARTS) is 1. The molecular formula is C84H84N12O15. The van der Waals surface area contributed by atoms with Crippen molar-refractivity contribution in [2.45, 2.75) is 158 Å². The van der Waals surface area contributed by atoms with Gasteiger partial charge in [0.25, 0.3) is 35.2 Å². The second kappa shape index (κ2) is 29.1. The number of hydrogen-bond acceptors (Lipinski definition) is 20. The number of carbonyl (C=O) groups is 6. The summed E-state index contributed by atoms with van der Waals surface area (Å²) in [7, 11) is 0. The van der Waals surface area contributed by atoms with Crippen LogP contribution >= 0.6 is 0 Å². The Bertz CT molecular complexity index is 5860. The van der Waals surface area contributed by atoms with E-state index in [2.05, 4.69) is 36.6 Å². The number of nitro groups is 1. The van der Waals surface area contributed by atoms with Gasteiger partial charge in [0.15, 0.2) is 11.2 Å². The summed E-state index contributed by atoms with van der Waals surface area (Å²) in [6, 6.07) is 38.0. The molecule has 12 rings (SSSR count). The van der Waals surface area contributed by atoms with Gasteiger partial charge in [-0.1, -0.05) is 36.4 Å². The summed E-state index contributed by atoms with van der Waals surface area (Å²) in [6.07, 6.45) is 0. The quantitative estimate of drug-likeness (QED) is 0.0343. The number of fused-ring (bicyclic) bond motifs is 6. The fourth-order valence-electron chi connectivity index (χ4n) is 12.0. The summed E-state index contributed by atoms with van der Waals surface area (Å²) in [5, 5.41) is 39.5. The first-order valence-electron chi connectivity index (χ1n) is 35.6. The van der Waals surface area contributed by atoms with Crippen LogP contribution in [0.15, 0.2) is 146 Å². The van der Waals surface area contributed by atoms with Crippen LogP contribution in [0.2, 0.25) is 0 Å². The molecule has 0 unspecified atom stereocenters. The molecule has 6 heterocycles. The zero-order valence-corrected chi connectivity index (χ0v) is 64.6.